The van der Waals surface area contributed by atoms with E-state index in [1.807, 2.05) is 17.9 Å². The third kappa shape index (κ3) is 3.37. The lowest BCUT2D eigenvalue weighted by Crippen LogP contribution is -2.50. The second-order valence-corrected chi connectivity index (χ2v) is 5.62. The number of nitrogens with zero attached hydrogens (tertiary/aromatic N) is 2. The minimum atomic E-state index is 0.120. The molecule has 1 aliphatic rings. The van der Waals surface area contributed by atoms with Crippen LogP contribution in [0, 0.1) is 12.8 Å². The van der Waals surface area contributed by atoms with Crippen molar-refractivity contribution >= 4 is 5.91 Å². The first-order valence-corrected chi connectivity index (χ1v) is 7.60. The van der Waals surface area contributed by atoms with Crippen molar-refractivity contribution in [1.29, 1.82) is 0 Å². The number of piperidine rings is 1. The average Bonchev–Trinajstić information content (AvgIpc) is 2.47. The van der Waals surface area contributed by atoms with Crippen molar-refractivity contribution < 1.29 is 4.79 Å². The largest absolute Gasteiger partial charge is 0.338 e. The highest BCUT2D eigenvalue weighted by molar-refractivity contribution is 5.94. The molecule has 2 unspecified atom stereocenters. The summed E-state index contributed by atoms with van der Waals surface area (Å²) in [5, 5.41) is 3.54. The summed E-state index contributed by atoms with van der Waals surface area (Å²) < 4.78 is 0. The van der Waals surface area contributed by atoms with Gasteiger partial charge in [0.05, 0.1) is 5.56 Å². The first-order valence-electron chi connectivity index (χ1n) is 7.60. The lowest BCUT2D eigenvalue weighted by Gasteiger charge is -2.38. The molecule has 0 radical (unpaired) electrons. The van der Waals surface area contributed by atoms with Crippen LogP contribution in [0.25, 0.3) is 0 Å². The number of carbonyl (C=O) groups is 1. The Bertz CT molecular complexity index is 461. The number of amides is 1. The summed E-state index contributed by atoms with van der Waals surface area (Å²) in [6, 6.07) is 2.47. The second-order valence-electron chi connectivity index (χ2n) is 5.62. The number of aromatic nitrogens is 1. The van der Waals surface area contributed by atoms with E-state index in [0.717, 1.165) is 38.0 Å². The Morgan fingerprint density at radius 2 is 2.25 bits per heavy atom. The van der Waals surface area contributed by atoms with E-state index in [2.05, 4.69) is 24.1 Å². The van der Waals surface area contributed by atoms with E-state index in [0.29, 0.717) is 17.5 Å². The van der Waals surface area contributed by atoms with Gasteiger partial charge in [-0.25, -0.2) is 0 Å². The van der Waals surface area contributed by atoms with Gasteiger partial charge in [-0.2, -0.15) is 0 Å². The summed E-state index contributed by atoms with van der Waals surface area (Å²) >= 11 is 0. The van der Waals surface area contributed by atoms with Crippen molar-refractivity contribution in [2.45, 2.75) is 39.7 Å². The maximum atomic E-state index is 12.5. The monoisotopic (exact) mass is 275 g/mol. The summed E-state index contributed by atoms with van der Waals surface area (Å²) in [5.41, 5.74) is 1.74. The van der Waals surface area contributed by atoms with Crippen LogP contribution in [-0.2, 0) is 0 Å². The van der Waals surface area contributed by atoms with Crippen LogP contribution in [0.5, 0.6) is 0 Å². The molecule has 0 spiro atoms. The third-order valence-corrected chi connectivity index (χ3v) is 4.13. The van der Waals surface area contributed by atoms with Gasteiger partial charge in [-0.1, -0.05) is 20.3 Å². The van der Waals surface area contributed by atoms with Crippen molar-refractivity contribution in [3.8, 4) is 0 Å². The molecule has 0 aromatic carbocycles. The highest BCUT2D eigenvalue weighted by atomic mass is 16.2. The molecule has 4 nitrogen and oxygen atoms in total. The van der Waals surface area contributed by atoms with E-state index in [1.54, 1.807) is 12.4 Å². The zero-order chi connectivity index (χ0) is 14.5. The van der Waals surface area contributed by atoms with Crippen molar-refractivity contribution in [2.75, 3.05) is 19.6 Å². The molecule has 1 amide bonds. The Morgan fingerprint density at radius 1 is 1.45 bits per heavy atom. The summed E-state index contributed by atoms with van der Waals surface area (Å²) in [7, 11) is 0. The van der Waals surface area contributed by atoms with Crippen LogP contribution in [-0.4, -0.2) is 41.5 Å². The molecule has 1 aromatic rings. The van der Waals surface area contributed by atoms with Crippen LogP contribution >= 0.6 is 0 Å². The third-order valence-electron chi connectivity index (χ3n) is 4.13. The minimum absolute atomic E-state index is 0.120. The predicted octanol–water partition coefficient (Wildman–Crippen LogP) is 2.24. The molecule has 1 aliphatic heterocycles. The highest BCUT2D eigenvalue weighted by Crippen LogP contribution is 2.21. The fourth-order valence-corrected chi connectivity index (χ4v) is 3.02. The molecule has 0 bridgehead atoms. The van der Waals surface area contributed by atoms with Gasteiger partial charge in [0.2, 0.25) is 0 Å². The number of rotatable bonds is 4. The van der Waals surface area contributed by atoms with Crippen molar-refractivity contribution in [2.24, 2.45) is 5.92 Å². The van der Waals surface area contributed by atoms with Gasteiger partial charge in [0.25, 0.3) is 5.91 Å². The van der Waals surface area contributed by atoms with E-state index in [1.165, 1.54) is 0 Å². The fourth-order valence-electron chi connectivity index (χ4n) is 3.02. The maximum absolute atomic E-state index is 12.5. The van der Waals surface area contributed by atoms with Gasteiger partial charge in [0, 0.05) is 31.5 Å². The van der Waals surface area contributed by atoms with Gasteiger partial charge < -0.3 is 10.2 Å². The molecule has 4 heteroatoms. The molecule has 1 N–H and O–H groups in total. The number of pyridine rings is 1. The summed E-state index contributed by atoms with van der Waals surface area (Å²) in [6.07, 6.45) is 5.60. The van der Waals surface area contributed by atoms with Gasteiger partial charge in [-0.05, 0) is 37.4 Å². The number of carbonyl (C=O) groups excluding carboxylic acids is 1. The smallest absolute Gasteiger partial charge is 0.255 e. The molecule has 0 aliphatic carbocycles. The standard InChI is InChI=1S/C16H25N3O/c1-4-13-11-19(7-6-15(13)18-5-2)16(20)14-8-12(3)9-17-10-14/h8-10,13,15,18H,4-7,11H2,1-3H3. The molecule has 2 atom stereocenters. The Morgan fingerprint density at radius 3 is 2.90 bits per heavy atom. The van der Waals surface area contributed by atoms with E-state index in [9.17, 15) is 4.79 Å². The second kappa shape index (κ2) is 6.84. The minimum Gasteiger partial charge on any atom is -0.338 e. The quantitative estimate of drug-likeness (QED) is 0.916. The molecule has 1 aromatic heterocycles. The highest BCUT2D eigenvalue weighted by Gasteiger charge is 2.30. The lowest BCUT2D eigenvalue weighted by atomic mass is 9.89. The van der Waals surface area contributed by atoms with Crippen molar-refractivity contribution in [3.05, 3.63) is 29.6 Å². The maximum Gasteiger partial charge on any atom is 0.255 e. The van der Waals surface area contributed by atoms with E-state index >= 15 is 0 Å². The molecule has 2 heterocycles. The van der Waals surface area contributed by atoms with Crippen LogP contribution in [0.2, 0.25) is 0 Å². The van der Waals surface area contributed by atoms with Crippen LogP contribution in [0.1, 0.15) is 42.6 Å². The zero-order valence-electron chi connectivity index (χ0n) is 12.7. The number of hydrogen-bond donors (Lipinski definition) is 1. The van der Waals surface area contributed by atoms with Crippen LogP contribution in [0.15, 0.2) is 18.5 Å². The van der Waals surface area contributed by atoms with E-state index in [4.69, 9.17) is 0 Å². The normalized spacial score (nSPS) is 22.9. The van der Waals surface area contributed by atoms with Gasteiger partial charge in [0.1, 0.15) is 0 Å². The van der Waals surface area contributed by atoms with E-state index < -0.39 is 0 Å². The Kier molecular flexibility index (Phi) is 5.12. The molecule has 20 heavy (non-hydrogen) atoms. The molecular weight excluding hydrogens is 250 g/mol. The number of likely N-dealkylation sites (tertiary alicyclic amines) is 1. The van der Waals surface area contributed by atoms with E-state index in [-0.39, 0.29) is 5.91 Å². The SMILES string of the molecule is CCNC1CCN(C(=O)c2cncc(C)c2)CC1CC. The van der Waals surface area contributed by atoms with Crippen molar-refractivity contribution in [3.63, 3.8) is 0 Å². The first kappa shape index (κ1) is 15.0. The van der Waals surface area contributed by atoms with Crippen LogP contribution in [0.4, 0.5) is 0 Å². The predicted molar refractivity (Wildman–Crippen MR) is 80.7 cm³/mol. The van der Waals surface area contributed by atoms with Gasteiger partial charge in [0.15, 0.2) is 0 Å². The number of hydrogen-bond acceptors (Lipinski definition) is 3. The molecule has 110 valence electrons. The summed E-state index contributed by atoms with van der Waals surface area (Å²) in [5.74, 6) is 0.667. The molecule has 2 rings (SSSR count). The Balaban J connectivity index is 2.05. The lowest BCUT2D eigenvalue weighted by molar-refractivity contribution is 0.0627. The molecule has 1 saturated heterocycles. The zero-order valence-corrected chi connectivity index (χ0v) is 12.7. The number of aryl methyl sites for hydroxylation is 1. The topological polar surface area (TPSA) is 45.2 Å². The molecular formula is C16H25N3O. The van der Waals surface area contributed by atoms with Crippen LogP contribution in [0.3, 0.4) is 0 Å². The molecule has 0 saturated carbocycles. The fraction of sp³-hybridized carbons (Fsp3) is 0.625. The Hall–Kier alpha value is -1.42. The van der Waals surface area contributed by atoms with Gasteiger partial charge >= 0.3 is 0 Å². The van der Waals surface area contributed by atoms with Gasteiger partial charge in [-0.3, -0.25) is 9.78 Å². The number of nitrogens with one attached hydrogen (secondary N) is 1. The Labute approximate surface area is 121 Å². The summed E-state index contributed by atoms with van der Waals surface area (Å²) in [6.45, 7) is 8.99. The van der Waals surface area contributed by atoms with Crippen molar-refractivity contribution in [1.82, 2.24) is 15.2 Å². The van der Waals surface area contributed by atoms with Gasteiger partial charge in [-0.15, -0.1) is 0 Å². The van der Waals surface area contributed by atoms with Crippen LogP contribution < -0.4 is 5.32 Å². The first-order chi connectivity index (χ1) is 9.65. The molecule has 1 fully saturated rings. The average molecular weight is 275 g/mol. The summed E-state index contributed by atoms with van der Waals surface area (Å²) in [4.78, 5) is 18.7.